The third-order valence-electron chi connectivity index (χ3n) is 4.61. The number of alkyl halides is 2. The lowest BCUT2D eigenvalue weighted by Crippen LogP contribution is -2.35. The molecule has 0 spiro atoms. The van der Waals surface area contributed by atoms with E-state index in [4.69, 9.17) is 0 Å². The predicted molar refractivity (Wildman–Crippen MR) is 102 cm³/mol. The van der Waals surface area contributed by atoms with Crippen molar-refractivity contribution in [3.05, 3.63) is 60.2 Å². The summed E-state index contributed by atoms with van der Waals surface area (Å²) in [5, 5.41) is 0.176. The van der Waals surface area contributed by atoms with Crippen molar-refractivity contribution in [2.24, 2.45) is 0 Å². The monoisotopic (exact) mass is 387 g/mol. The minimum absolute atomic E-state index is 0.0128. The van der Waals surface area contributed by atoms with Gasteiger partial charge in [0.05, 0.1) is 11.0 Å². The van der Waals surface area contributed by atoms with Gasteiger partial charge in [-0.25, -0.2) is 4.98 Å². The van der Waals surface area contributed by atoms with Crippen LogP contribution in [0.4, 0.5) is 8.78 Å². The van der Waals surface area contributed by atoms with Gasteiger partial charge < -0.3 is 9.47 Å². The zero-order chi connectivity index (χ0) is 18.8. The minimum atomic E-state index is -2.58. The molecule has 1 aliphatic rings. The second-order valence-corrected chi connectivity index (χ2v) is 7.54. The largest absolute Gasteiger partial charge is 0.334 e. The van der Waals surface area contributed by atoms with Crippen molar-refractivity contribution in [2.75, 3.05) is 0 Å². The topological polar surface area (TPSA) is 38.1 Å². The van der Waals surface area contributed by atoms with Crippen LogP contribution in [0.2, 0.25) is 0 Å². The molecule has 1 heterocycles. The quantitative estimate of drug-likeness (QED) is 0.559. The van der Waals surface area contributed by atoms with Crippen LogP contribution in [0.1, 0.15) is 18.4 Å². The molecule has 140 valence electrons. The summed E-state index contributed by atoms with van der Waals surface area (Å²) in [5.41, 5.74) is 2.38. The van der Waals surface area contributed by atoms with Gasteiger partial charge >= 0.3 is 0 Å². The number of hydrogen-bond donors (Lipinski definition) is 0. The third kappa shape index (κ3) is 4.13. The van der Waals surface area contributed by atoms with E-state index in [-0.39, 0.29) is 23.7 Å². The van der Waals surface area contributed by atoms with Crippen molar-refractivity contribution >= 4 is 28.7 Å². The molecule has 0 radical (unpaired) electrons. The average molecular weight is 387 g/mol. The Morgan fingerprint density at radius 2 is 1.85 bits per heavy atom. The highest BCUT2D eigenvalue weighted by molar-refractivity contribution is 7.99. The van der Waals surface area contributed by atoms with E-state index in [9.17, 15) is 13.6 Å². The van der Waals surface area contributed by atoms with Crippen LogP contribution in [0.3, 0.4) is 0 Å². The maximum Gasteiger partial charge on any atom is 0.291 e. The van der Waals surface area contributed by atoms with Gasteiger partial charge in [-0.1, -0.05) is 42.5 Å². The lowest BCUT2D eigenvalue weighted by Gasteiger charge is -2.23. The standard InChI is InChI=1S/C20H19F2N3OS/c21-19(22)27-20-23-16-8-4-5-9-17(16)25(20)13-18(26)24(15-10-11-15)12-14-6-2-1-3-7-14/h1-9,15,19H,10-13H2. The molecule has 1 aromatic heterocycles. The van der Waals surface area contributed by atoms with Gasteiger partial charge in [0.1, 0.15) is 6.54 Å². The maximum atomic E-state index is 13.1. The molecule has 0 N–H and O–H groups in total. The maximum absolute atomic E-state index is 13.1. The molecular weight excluding hydrogens is 368 g/mol. The van der Waals surface area contributed by atoms with Crippen LogP contribution in [0.25, 0.3) is 11.0 Å². The highest BCUT2D eigenvalue weighted by Gasteiger charge is 2.33. The molecule has 3 aromatic rings. The fourth-order valence-corrected chi connectivity index (χ4v) is 3.79. The minimum Gasteiger partial charge on any atom is -0.334 e. The Labute approximate surface area is 160 Å². The van der Waals surface area contributed by atoms with Crippen molar-refractivity contribution in [1.29, 1.82) is 0 Å². The molecule has 1 fully saturated rings. The zero-order valence-corrected chi connectivity index (χ0v) is 15.4. The van der Waals surface area contributed by atoms with E-state index < -0.39 is 5.76 Å². The summed E-state index contributed by atoms with van der Waals surface area (Å²) >= 11 is 0.380. The van der Waals surface area contributed by atoms with E-state index in [1.165, 1.54) is 0 Å². The smallest absolute Gasteiger partial charge is 0.291 e. The van der Waals surface area contributed by atoms with Gasteiger partial charge in [0.2, 0.25) is 5.91 Å². The van der Waals surface area contributed by atoms with Crippen molar-refractivity contribution in [2.45, 2.75) is 42.9 Å². The Kier molecular flexibility index (Phi) is 5.11. The zero-order valence-electron chi connectivity index (χ0n) is 14.6. The van der Waals surface area contributed by atoms with Crippen LogP contribution in [-0.2, 0) is 17.9 Å². The van der Waals surface area contributed by atoms with Crippen molar-refractivity contribution < 1.29 is 13.6 Å². The number of fused-ring (bicyclic) bond motifs is 1. The first-order valence-corrected chi connectivity index (χ1v) is 9.73. The lowest BCUT2D eigenvalue weighted by atomic mass is 10.2. The first-order chi connectivity index (χ1) is 13.1. The molecule has 4 nitrogen and oxygen atoms in total. The van der Waals surface area contributed by atoms with E-state index in [1.807, 2.05) is 53.4 Å². The fourth-order valence-electron chi connectivity index (χ4n) is 3.19. The molecule has 0 bridgehead atoms. The number of carbonyl (C=O) groups is 1. The Balaban J connectivity index is 1.61. The average Bonchev–Trinajstić information content (AvgIpc) is 3.44. The summed E-state index contributed by atoms with van der Waals surface area (Å²) in [4.78, 5) is 19.2. The Morgan fingerprint density at radius 1 is 1.15 bits per heavy atom. The normalized spacial score (nSPS) is 14.0. The summed E-state index contributed by atoms with van der Waals surface area (Å²) in [6.45, 7) is 0.549. The number of halogens is 2. The van der Waals surface area contributed by atoms with E-state index in [2.05, 4.69) is 4.98 Å². The highest BCUT2D eigenvalue weighted by Crippen LogP contribution is 2.31. The van der Waals surface area contributed by atoms with E-state index >= 15 is 0 Å². The number of benzene rings is 2. The molecule has 27 heavy (non-hydrogen) atoms. The predicted octanol–water partition coefficient (Wildman–Crippen LogP) is 4.54. The van der Waals surface area contributed by atoms with Gasteiger partial charge in [0.25, 0.3) is 5.76 Å². The van der Waals surface area contributed by atoms with Gasteiger partial charge in [-0.05, 0) is 42.3 Å². The van der Waals surface area contributed by atoms with Crippen LogP contribution >= 0.6 is 11.8 Å². The number of amides is 1. The second kappa shape index (κ2) is 7.68. The van der Waals surface area contributed by atoms with Gasteiger partial charge in [-0.2, -0.15) is 8.78 Å². The molecule has 1 amide bonds. The van der Waals surface area contributed by atoms with Gasteiger partial charge in [0, 0.05) is 12.6 Å². The van der Waals surface area contributed by atoms with Crippen molar-refractivity contribution in [3.8, 4) is 0 Å². The number of hydrogen-bond acceptors (Lipinski definition) is 3. The number of thioether (sulfide) groups is 1. The number of nitrogens with zero attached hydrogens (tertiary/aromatic N) is 3. The molecule has 0 saturated heterocycles. The molecule has 0 atom stereocenters. The molecule has 0 unspecified atom stereocenters. The van der Waals surface area contributed by atoms with Gasteiger partial charge in [-0.3, -0.25) is 4.79 Å². The van der Waals surface area contributed by atoms with Crippen LogP contribution in [0.5, 0.6) is 0 Å². The molecule has 0 aliphatic heterocycles. The van der Waals surface area contributed by atoms with Gasteiger partial charge in [-0.15, -0.1) is 0 Å². The van der Waals surface area contributed by atoms with E-state index in [0.717, 1.165) is 18.4 Å². The van der Waals surface area contributed by atoms with E-state index in [1.54, 1.807) is 10.6 Å². The summed E-state index contributed by atoms with van der Waals surface area (Å²) in [7, 11) is 0. The SMILES string of the molecule is O=C(Cn1c(SC(F)F)nc2ccccc21)N(Cc1ccccc1)C1CC1. The molecule has 2 aromatic carbocycles. The number of para-hydroxylation sites is 2. The summed E-state index contributed by atoms with van der Waals surface area (Å²) in [5.74, 6) is -2.65. The Hall–Kier alpha value is -2.41. The molecule has 1 saturated carbocycles. The molecule has 1 aliphatic carbocycles. The van der Waals surface area contributed by atoms with Crippen LogP contribution in [-0.4, -0.2) is 32.2 Å². The Morgan fingerprint density at radius 3 is 2.56 bits per heavy atom. The first-order valence-electron chi connectivity index (χ1n) is 8.85. The summed E-state index contributed by atoms with van der Waals surface area (Å²) in [6.07, 6.45) is 1.98. The molecule has 7 heteroatoms. The number of aromatic nitrogens is 2. The van der Waals surface area contributed by atoms with Crippen molar-refractivity contribution in [3.63, 3.8) is 0 Å². The summed E-state index contributed by atoms with van der Waals surface area (Å²) in [6, 6.07) is 17.3. The molecule has 4 rings (SSSR count). The van der Waals surface area contributed by atoms with Crippen LogP contribution < -0.4 is 0 Å². The lowest BCUT2D eigenvalue weighted by molar-refractivity contribution is -0.133. The van der Waals surface area contributed by atoms with Gasteiger partial charge in [0.15, 0.2) is 5.16 Å². The highest BCUT2D eigenvalue weighted by atomic mass is 32.2. The third-order valence-corrected chi connectivity index (χ3v) is 5.31. The molecular formula is C20H19F2N3OS. The van der Waals surface area contributed by atoms with Crippen LogP contribution in [0.15, 0.2) is 59.8 Å². The van der Waals surface area contributed by atoms with Crippen molar-refractivity contribution in [1.82, 2.24) is 14.5 Å². The second-order valence-electron chi connectivity index (χ2n) is 6.59. The van der Waals surface area contributed by atoms with Crippen LogP contribution in [0, 0.1) is 0 Å². The van der Waals surface area contributed by atoms with E-state index in [0.29, 0.717) is 29.3 Å². The Bertz CT molecular complexity index is 941. The summed E-state index contributed by atoms with van der Waals surface area (Å²) < 4.78 is 27.5. The number of imidazole rings is 1. The fraction of sp³-hybridized carbons (Fsp3) is 0.300. The number of carbonyl (C=O) groups excluding carboxylic acids is 1. The number of rotatable bonds is 7. The first kappa shape index (κ1) is 18.0.